The Kier molecular flexibility index (Phi) is 6.19. The summed E-state index contributed by atoms with van der Waals surface area (Å²) in [6.45, 7) is 2.94. The van der Waals surface area contributed by atoms with Crippen LogP contribution in [0.5, 0.6) is 5.75 Å². The van der Waals surface area contributed by atoms with Gasteiger partial charge in [-0.15, -0.1) is 0 Å². The van der Waals surface area contributed by atoms with Gasteiger partial charge in [-0.05, 0) is 36.8 Å². The smallest absolute Gasteiger partial charge is 0.416 e. The van der Waals surface area contributed by atoms with Gasteiger partial charge in [-0.3, -0.25) is 4.79 Å². The maximum atomic E-state index is 12.7. The number of amides is 3. The van der Waals surface area contributed by atoms with Crippen molar-refractivity contribution in [2.75, 3.05) is 26.2 Å². The number of hydrogen-bond donors (Lipinski definition) is 2. The van der Waals surface area contributed by atoms with Crippen molar-refractivity contribution in [1.82, 2.24) is 15.1 Å². The molecule has 0 spiro atoms. The van der Waals surface area contributed by atoms with Crippen molar-refractivity contribution in [3.63, 3.8) is 0 Å². The number of phenolic OH excluding ortho intramolecular Hbond substituents is 1. The zero-order chi connectivity index (χ0) is 21.9. The van der Waals surface area contributed by atoms with Gasteiger partial charge in [0.2, 0.25) is 0 Å². The predicted molar refractivity (Wildman–Crippen MR) is 104 cm³/mol. The maximum absolute atomic E-state index is 12.7. The molecule has 3 amide bonds. The molecule has 30 heavy (non-hydrogen) atoms. The Morgan fingerprint density at radius 1 is 0.967 bits per heavy atom. The van der Waals surface area contributed by atoms with Gasteiger partial charge < -0.3 is 20.2 Å². The molecule has 1 fully saturated rings. The Morgan fingerprint density at radius 3 is 2.10 bits per heavy atom. The minimum absolute atomic E-state index is 0.0898. The normalized spacial score (nSPS) is 15.6. The molecule has 1 heterocycles. The number of hydrogen-bond acceptors (Lipinski definition) is 3. The highest BCUT2D eigenvalue weighted by molar-refractivity contribution is 5.97. The van der Waals surface area contributed by atoms with Crippen molar-refractivity contribution in [2.24, 2.45) is 0 Å². The number of rotatable bonds is 3. The van der Waals surface area contributed by atoms with Crippen molar-refractivity contribution in [2.45, 2.75) is 19.1 Å². The number of halogens is 3. The summed E-state index contributed by atoms with van der Waals surface area (Å²) >= 11 is 0. The molecule has 160 valence electrons. The summed E-state index contributed by atoms with van der Waals surface area (Å²) in [6.07, 6.45) is -4.40. The first kappa shape index (κ1) is 21.5. The third-order valence-corrected chi connectivity index (χ3v) is 5.07. The molecule has 6 nitrogen and oxygen atoms in total. The molecule has 0 radical (unpaired) electrons. The zero-order valence-corrected chi connectivity index (χ0v) is 16.3. The Bertz CT molecular complexity index is 908. The number of urea groups is 1. The van der Waals surface area contributed by atoms with Gasteiger partial charge in [0.05, 0.1) is 17.2 Å². The zero-order valence-electron chi connectivity index (χ0n) is 16.3. The topological polar surface area (TPSA) is 72.9 Å². The summed E-state index contributed by atoms with van der Waals surface area (Å²) < 4.78 is 38.0. The Labute approximate surface area is 171 Å². The van der Waals surface area contributed by atoms with Crippen molar-refractivity contribution in [1.29, 1.82) is 0 Å². The molecule has 3 rings (SSSR count). The SMILES string of the molecule is CC(NC(=O)N1CCN(C(=O)c2ccccc2O)CC1)c1ccc(C(F)(F)F)cc1. The van der Waals surface area contributed by atoms with E-state index >= 15 is 0 Å². The largest absolute Gasteiger partial charge is 0.507 e. The van der Waals surface area contributed by atoms with Gasteiger partial charge in [0.1, 0.15) is 5.75 Å². The highest BCUT2D eigenvalue weighted by Gasteiger charge is 2.30. The summed E-state index contributed by atoms with van der Waals surface area (Å²) in [7, 11) is 0. The van der Waals surface area contributed by atoms with Gasteiger partial charge in [0.15, 0.2) is 0 Å². The number of aromatic hydroxyl groups is 1. The van der Waals surface area contributed by atoms with Gasteiger partial charge in [0, 0.05) is 26.2 Å². The van der Waals surface area contributed by atoms with E-state index in [0.29, 0.717) is 31.7 Å². The number of phenols is 1. The number of carbonyl (C=O) groups is 2. The van der Waals surface area contributed by atoms with Gasteiger partial charge in [-0.2, -0.15) is 13.2 Å². The first-order valence-corrected chi connectivity index (χ1v) is 9.46. The average Bonchev–Trinajstić information content (AvgIpc) is 2.73. The summed E-state index contributed by atoms with van der Waals surface area (Å²) in [4.78, 5) is 28.1. The fourth-order valence-electron chi connectivity index (χ4n) is 3.26. The number of alkyl halides is 3. The van der Waals surface area contributed by atoms with Crippen LogP contribution in [0.25, 0.3) is 0 Å². The van der Waals surface area contributed by atoms with E-state index in [-0.39, 0.29) is 23.3 Å². The van der Waals surface area contributed by atoms with E-state index in [1.807, 2.05) is 0 Å². The molecule has 1 aliphatic heterocycles. The van der Waals surface area contributed by atoms with E-state index in [0.717, 1.165) is 12.1 Å². The number of carbonyl (C=O) groups excluding carboxylic acids is 2. The molecular formula is C21H22F3N3O3. The monoisotopic (exact) mass is 421 g/mol. The van der Waals surface area contributed by atoms with Crippen LogP contribution in [0.2, 0.25) is 0 Å². The maximum Gasteiger partial charge on any atom is 0.416 e. The minimum atomic E-state index is -4.40. The van der Waals surface area contributed by atoms with Crippen LogP contribution in [-0.4, -0.2) is 53.0 Å². The summed E-state index contributed by atoms with van der Waals surface area (Å²) in [5.74, 6) is -0.390. The molecule has 1 unspecified atom stereocenters. The molecule has 0 bridgehead atoms. The molecular weight excluding hydrogens is 399 g/mol. The highest BCUT2D eigenvalue weighted by Crippen LogP contribution is 2.30. The number of benzene rings is 2. The molecule has 9 heteroatoms. The molecule has 1 atom stereocenters. The lowest BCUT2D eigenvalue weighted by Crippen LogP contribution is -2.53. The molecule has 1 saturated heterocycles. The first-order valence-electron chi connectivity index (χ1n) is 9.46. The fourth-order valence-corrected chi connectivity index (χ4v) is 3.26. The summed E-state index contributed by atoms with van der Waals surface area (Å²) in [6, 6.07) is 10.1. The van der Waals surface area contributed by atoms with Crippen LogP contribution in [0, 0.1) is 0 Å². The van der Waals surface area contributed by atoms with Crippen LogP contribution in [0.1, 0.15) is 34.5 Å². The Morgan fingerprint density at radius 2 is 1.53 bits per heavy atom. The van der Waals surface area contributed by atoms with Crippen LogP contribution in [0.3, 0.4) is 0 Å². The highest BCUT2D eigenvalue weighted by atomic mass is 19.4. The van der Waals surface area contributed by atoms with Crippen molar-refractivity contribution < 1.29 is 27.9 Å². The van der Waals surface area contributed by atoms with E-state index in [2.05, 4.69) is 5.32 Å². The van der Waals surface area contributed by atoms with Gasteiger partial charge in [-0.25, -0.2) is 4.79 Å². The van der Waals surface area contributed by atoms with Crippen molar-refractivity contribution >= 4 is 11.9 Å². The van der Waals surface area contributed by atoms with Crippen molar-refractivity contribution in [3.8, 4) is 5.75 Å². The standard InChI is InChI=1S/C21H22F3N3O3/c1-14(15-6-8-16(9-7-15)21(22,23)24)25-20(30)27-12-10-26(11-13-27)19(29)17-4-2-3-5-18(17)28/h2-9,14,28H,10-13H2,1H3,(H,25,30). The molecule has 0 aromatic heterocycles. The van der Waals surface area contributed by atoms with Crippen LogP contribution in [-0.2, 0) is 6.18 Å². The Hall–Kier alpha value is -3.23. The number of para-hydroxylation sites is 1. The number of piperazine rings is 1. The second kappa shape index (κ2) is 8.64. The third-order valence-electron chi connectivity index (χ3n) is 5.07. The van der Waals surface area contributed by atoms with E-state index in [9.17, 15) is 27.9 Å². The minimum Gasteiger partial charge on any atom is -0.507 e. The lowest BCUT2D eigenvalue weighted by Gasteiger charge is -2.35. The average molecular weight is 421 g/mol. The van der Waals surface area contributed by atoms with E-state index < -0.39 is 17.8 Å². The van der Waals surface area contributed by atoms with Crippen LogP contribution < -0.4 is 5.32 Å². The molecule has 1 aliphatic rings. The van der Waals surface area contributed by atoms with Gasteiger partial charge in [0.25, 0.3) is 5.91 Å². The van der Waals surface area contributed by atoms with E-state index in [1.165, 1.54) is 18.2 Å². The fraction of sp³-hybridized carbons (Fsp3) is 0.333. The summed E-state index contributed by atoms with van der Waals surface area (Å²) in [5, 5.41) is 12.6. The third kappa shape index (κ3) is 4.84. The molecule has 0 aliphatic carbocycles. The second-order valence-electron chi connectivity index (χ2n) is 7.09. The lowest BCUT2D eigenvalue weighted by atomic mass is 10.1. The quantitative estimate of drug-likeness (QED) is 0.795. The Balaban J connectivity index is 1.54. The number of nitrogens with one attached hydrogen (secondary N) is 1. The van der Waals surface area contributed by atoms with Gasteiger partial charge in [-0.1, -0.05) is 24.3 Å². The number of nitrogens with zero attached hydrogens (tertiary/aromatic N) is 2. The molecule has 2 aromatic rings. The van der Waals surface area contributed by atoms with Crippen LogP contribution >= 0.6 is 0 Å². The van der Waals surface area contributed by atoms with Crippen LogP contribution in [0.4, 0.5) is 18.0 Å². The molecule has 2 aromatic carbocycles. The second-order valence-corrected chi connectivity index (χ2v) is 7.09. The first-order chi connectivity index (χ1) is 14.2. The van der Waals surface area contributed by atoms with E-state index in [4.69, 9.17) is 0 Å². The molecule has 2 N–H and O–H groups in total. The van der Waals surface area contributed by atoms with E-state index in [1.54, 1.807) is 34.9 Å². The molecule has 0 saturated carbocycles. The van der Waals surface area contributed by atoms with Crippen LogP contribution in [0.15, 0.2) is 48.5 Å². The van der Waals surface area contributed by atoms with Crippen molar-refractivity contribution in [3.05, 3.63) is 65.2 Å². The van der Waals surface area contributed by atoms with Gasteiger partial charge >= 0.3 is 12.2 Å². The summed E-state index contributed by atoms with van der Waals surface area (Å²) in [5.41, 5.74) is 0.0334. The lowest BCUT2D eigenvalue weighted by molar-refractivity contribution is -0.137. The predicted octanol–water partition coefficient (Wildman–Crippen LogP) is 3.64.